The van der Waals surface area contributed by atoms with Crippen molar-refractivity contribution in [2.75, 3.05) is 14.1 Å². The van der Waals surface area contributed by atoms with Crippen molar-refractivity contribution in [2.45, 2.75) is 20.8 Å². The van der Waals surface area contributed by atoms with Crippen LogP contribution in [0.5, 0.6) is 0 Å². The Balaban J connectivity index is 0. The fraction of sp³-hybridized carbons (Fsp3) is 0.556. The van der Waals surface area contributed by atoms with Gasteiger partial charge in [0.2, 0.25) is 0 Å². The number of allylic oxidation sites excluding steroid dienone is 1. The van der Waals surface area contributed by atoms with E-state index < -0.39 is 5.83 Å². The summed E-state index contributed by atoms with van der Waals surface area (Å²) >= 11 is 0. The summed E-state index contributed by atoms with van der Waals surface area (Å²) in [4.78, 5) is 14.4. The van der Waals surface area contributed by atoms with Crippen molar-refractivity contribution < 1.29 is 9.18 Å². The average molecular weight is 188 g/mol. The maximum atomic E-state index is 12.2. The van der Waals surface area contributed by atoms with Crippen LogP contribution in [0.25, 0.3) is 0 Å². The summed E-state index contributed by atoms with van der Waals surface area (Å²) in [5.74, 6) is -0.821. The molecule has 0 atom stereocenters. The van der Waals surface area contributed by atoms with Crippen molar-refractivity contribution in [3.05, 3.63) is 11.9 Å². The van der Waals surface area contributed by atoms with Crippen LogP contribution in [0.3, 0.4) is 0 Å². The second-order valence-electron chi connectivity index (χ2n) is 1.92. The zero-order valence-corrected chi connectivity index (χ0v) is 8.81. The van der Waals surface area contributed by atoms with E-state index in [0.717, 1.165) is 6.08 Å². The van der Waals surface area contributed by atoms with Crippen molar-refractivity contribution in [2.24, 2.45) is 4.99 Å². The van der Waals surface area contributed by atoms with Gasteiger partial charge in [0.15, 0.2) is 0 Å². The third-order valence-electron chi connectivity index (χ3n) is 1.04. The fourth-order valence-electron chi connectivity index (χ4n) is 0.548. The van der Waals surface area contributed by atoms with Gasteiger partial charge in [-0.25, -0.2) is 4.39 Å². The molecule has 0 bridgehead atoms. The molecule has 1 amide bonds. The molecule has 0 fully saturated rings. The van der Waals surface area contributed by atoms with Crippen molar-refractivity contribution in [1.82, 2.24) is 5.32 Å². The number of hydrogen-bond donors (Lipinski definition) is 1. The summed E-state index contributed by atoms with van der Waals surface area (Å²) in [5.41, 5.74) is 0.0903. The van der Waals surface area contributed by atoms with Gasteiger partial charge in [-0.2, -0.15) is 0 Å². The minimum atomic E-state index is -0.436. The van der Waals surface area contributed by atoms with Gasteiger partial charge in [-0.1, -0.05) is 13.8 Å². The molecule has 0 heterocycles. The highest BCUT2D eigenvalue weighted by molar-refractivity contribution is 6.43. The van der Waals surface area contributed by atoms with Crippen molar-refractivity contribution in [1.29, 1.82) is 0 Å². The Labute approximate surface area is 78.7 Å². The van der Waals surface area contributed by atoms with Crippen molar-refractivity contribution in [3.8, 4) is 0 Å². The number of hydrogen-bond acceptors (Lipinski definition) is 2. The zero-order chi connectivity index (χ0) is 10.9. The Morgan fingerprint density at radius 3 is 2.15 bits per heavy atom. The van der Waals surface area contributed by atoms with E-state index >= 15 is 0 Å². The second-order valence-corrected chi connectivity index (χ2v) is 1.92. The zero-order valence-electron chi connectivity index (χ0n) is 8.81. The molecule has 0 rings (SSSR count). The predicted molar refractivity (Wildman–Crippen MR) is 53.6 cm³/mol. The molecule has 0 aromatic heterocycles. The number of amides is 1. The van der Waals surface area contributed by atoms with E-state index in [-0.39, 0.29) is 11.6 Å². The first kappa shape index (κ1) is 14.3. The number of rotatable bonds is 2. The lowest BCUT2D eigenvalue weighted by atomic mass is 10.3. The lowest BCUT2D eigenvalue weighted by Crippen LogP contribution is -2.26. The average Bonchev–Trinajstić information content (AvgIpc) is 2.16. The van der Waals surface area contributed by atoms with Gasteiger partial charge in [-0.3, -0.25) is 9.79 Å². The minimum Gasteiger partial charge on any atom is -0.354 e. The van der Waals surface area contributed by atoms with Gasteiger partial charge in [-0.15, -0.1) is 0 Å². The van der Waals surface area contributed by atoms with E-state index in [1.54, 1.807) is 0 Å². The molecule has 0 aliphatic carbocycles. The number of nitrogens with zero attached hydrogens (tertiary/aromatic N) is 1. The number of aliphatic imine (C=N–C) groups is 1. The largest absolute Gasteiger partial charge is 0.354 e. The van der Waals surface area contributed by atoms with Crippen LogP contribution in [-0.4, -0.2) is 25.7 Å². The SMILES string of the molecule is CC.CN=C(/C=C(\C)F)C(=O)NC. The number of carbonyl (C=O) groups excluding carboxylic acids is 1. The maximum Gasteiger partial charge on any atom is 0.269 e. The summed E-state index contributed by atoms with van der Waals surface area (Å²) in [7, 11) is 2.90. The Bertz CT molecular complexity index is 206. The third kappa shape index (κ3) is 7.18. The molecule has 3 nitrogen and oxygen atoms in total. The number of carbonyl (C=O) groups is 1. The van der Waals surface area contributed by atoms with Gasteiger partial charge in [-0.05, 0) is 6.92 Å². The van der Waals surface area contributed by atoms with Crippen LogP contribution in [0.2, 0.25) is 0 Å². The molecule has 76 valence electrons. The summed E-state index contributed by atoms with van der Waals surface area (Å²) in [5, 5.41) is 2.34. The molecule has 1 N–H and O–H groups in total. The first-order valence-electron chi connectivity index (χ1n) is 4.14. The smallest absolute Gasteiger partial charge is 0.269 e. The van der Waals surface area contributed by atoms with Gasteiger partial charge in [0.25, 0.3) is 5.91 Å². The van der Waals surface area contributed by atoms with Crippen molar-refractivity contribution >= 4 is 11.6 Å². The van der Waals surface area contributed by atoms with Gasteiger partial charge in [0, 0.05) is 20.2 Å². The molecule has 0 radical (unpaired) electrons. The summed E-state index contributed by atoms with van der Waals surface area (Å²) < 4.78 is 12.2. The van der Waals surface area contributed by atoms with Crippen LogP contribution in [-0.2, 0) is 4.79 Å². The minimum absolute atomic E-state index is 0.0903. The van der Waals surface area contributed by atoms with Crippen LogP contribution in [0.15, 0.2) is 16.9 Å². The molecule has 0 aromatic rings. The summed E-state index contributed by atoms with van der Waals surface area (Å²) in [6.07, 6.45) is 1.08. The molecular formula is C9H17FN2O. The highest BCUT2D eigenvalue weighted by Gasteiger charge is 2.04. The molecule has 0 spiro atoms. The monoisotopic (exact) mass is 188 g/mol. The first-order valence-corrected chi connectivity index (χ1v) is 4.14. The standard InChI is InChI=1S/C7H11FN2O.C2H6/c1-5(8)4-6(9-2)7(11)10-3;1-2/h4H,1-3H3,(H,10,11);1-2H3/b5-4+,9-6?;. The van der Waals surface area contributed by atoms with Crippen LogP contribution in [0.1, 0.15) is 20.8 Å². The van der Waals surface area contributed by atoms with E-state index in [1.807, 2.05) is 13.8 Å². The summed E-state index contributed by atoms with van der Waals surface area (Å²) in [6, 6.07) is 0. The highest BCUT2D eigenvalue weighted by Crippen LogP contribution is 1.93. The number of nitrogens with one attached hydrogen (secondary N) is 1. The molecule has 0 aromatic carbocycles. The first-order chi connectivity index (χ1) is 6.11. The van der Waals surface area contributed by atoms with Gasteiger partial charge in [0.1, 0.15) is 5.71 Å². The molecule has 0 aliphatic rings. The quantitative estimate of drug-likeness (QED) is 0.658. The highest BCUT2D eigenvalue weighted by atomic mass is 19.1. The Hall–Kier alpha value is -1.19. The summed E-state index contributed by atoms with van der Waals surface area (Å²) in [6.45, 7) is 5.26. The van der Waals surface area contributed by atoms with Crippen LogP contribution < -0.4 is 5.32 Å². The van der Waals surface area contributed by atoms with Crippen LogP contribution in [0.4, 0.5) is 4.39 Å². The molecule has 13 heavy (non-hydrogen) atoms. The molecule has 0 saturated heterocycles. The van der Waals surface area contributed by atoms with Crippen LogP contribution in [0, 0.1) is 0 Å². The predicted octanol–water partition coefficient (Wildman–Crippen LogP) is 1.70. The molecule has 0 saturated carbocycles. The molecule has 4 heteroatoms. The molecule has 0 aliphatic heterocycles. The van der Waals surface area contributed by atoms with E-state index in [9.17, 15) is 9.18 Å². The molecule has 0 unspecified atom stereocenters. The Morgan fingerprint density at radius 2 is 1.92 bits per heavy atom. The van der Waals surface area contributed by atoms with E-state index in [4.69, 9.17) is 0 Å². The third-order valence-corrected chi connectivity index (χ3v) is 1.04. The molecular weight excluding hydrogens is 171 g/mol. The second kappa shape index (κ2) is 8.90. The van der Waals surface area contributed by atoms with E-state index in [2.05, 4.69) is 10.3 Å². The fourth-order valence-corrected chi connectivity index (χ4v) is 0.548. The van der Waals surface area contributed by atoms with Gasteiger partial charge in [0.05, 0.1) is 5.83 Å². The van der Waals surface area contributed by atoms with E-state index in [0.29, 0.717) is 0 Å². The lowest BCUT2D eigenvalue weighted by Gasteiger charge is -1.96. The maximum absolute atomic E-state index is 12.2. The van der Waals surface area contributed by atoms with E-state index in [1.165, 1.54) is 21.0 Å². The van der Waals surface area contributed by atoms with Crippen LogP contribution >= 0.6 is 0 Å². The Morgan fingerprint density at radius 1 is 1.46 bits per heavy atom. The number of halogens is 1. The lowest BCUT2D eigenvalue weighted by molar-refractivity contribution is -0.114. The Kier molecular flexibility index (Phi) is 9.82. The topological polar surface area (TPSA) is 41.5 Å². The van der Waals surface area contributed by atoms with Gasteiger partial charge >= 0.3 is 0 Å². The normalized spacial score (nSPS) is 11.5. The van der Waals surface area contributed by atoms with Crippen molar-refractivity contribution in [3.63, 3.8) is 0 Å². The van der Waals surface area contributed by atoms with Gasteiger partial charge < -0.3 is 5.32 Å².